The van der Waals surface area contributed by atoms with Crippen molar-refractivity contribution in [1.82, 2.24) is 0 Å². The molecular weight excluding hydrogens is 424 g/mol. The van der Waals surface area contributed by atoms with Gasteiger partial charge in [-0.25, -0.2) is 0 Å². The summed E-state index contributed by atoms with van der Waals surface area (Å²) < 4.78 is 5.73. The van der Waals surface area contributed by atoms with Gasteiger partial charge in [0.05, 0.1) is 0 Å². The normalized spacial score (nSPS) is 12.5. The van der Waals surface area contributed by atoms with Gasteiger partial charge < -0.3 is 9.84 Å². The first kappa shape index (κ1) is 32.4. The largest absolute Gasteiger partial charge is 0.481 e. The summed E-state index contributed by atoms with van der Waals surface area (Å²) in [6.07, 6.45) is 30.8. The molecule has 1 atom stereocenters. The molecule has 0 bridgehead atoms. The first-order valence-corrected chi connectivity index (χ1v) is 14.3. The van der Waals surface area contributed by atoms with Crippen molar-refractivity contribution in [2.24, 2.45) is 0 Å². The van der Waals surface area contributed by atoms with Crippen molar-refractivity contribution in [2.75, 3.05) is 0 Å². The van der Waals surface area contributed by atoms with Crippen LogP contribution in [-0.4, -0.2) is 23.1 Å². The maximum Gasteiger partial charge on any atom is 0.306 e. The lowest BCUT2D eigenvalue weighted by molar-refractivity contribution is -0.150. The molecule has 0 rings (SSSR count). The summed E-state index contributed by atoms with van der Waals surface area (Å²) in [6, 6.07) is 0. The standard InChI is InChI=1S/C30H54O4/c1-3-5-7-8-9-10-11-12-13-14-15-16-17-18-19-23-27-30(33)34-28(24-6-4-2)25-21-20-22-26-29(31)32/h10-11,13-14,28H,3-9,12,15-27H2,1-2H3,(H,31,32)/b11-10-,14-13-. The number of allylic oxidation sites excluding steroid dienone is 4. The van der Waals surface area contributed by atoms with Crippen molar-refractivity contribution >= 4 is 11.9 Å². The smallest absolute Gasteiger partial charge is 0.306 e. The number of aliphatic carboxylic acids is 1. The van der Waals surface area contributed by atoms with Crippen molar-refractivity contribution in [3.8, 4) is 0 Å². The minimum Gasteiger partial charge on any atom is -0.481 e. The third kappa shape index (κ3) is 25.1. The van der Waals surface area contributed by atoms with Crippen LogP contribution in [0.25, 0.3) is 0 Å². The first-order valence-electron chi connectivity index (χ1n) is 14.3. The molecule has 0 fully saturated rings. The minimum absolute atomic E-state index is 0.0000295. The van der Waals surface area contributed by atoms with Gasteiger partial charge in [-0.3, -0.25) is 9.59 Å². The topological polar surface area (TPSA) is 63.6 Å². The lowest BCUT2D eigenvalue weighted by atomic mass is 10.0. The Morgan fingerprint density at radius 2 is 1.18 bits per heavy atom. The molecule has 0 aromatic carbocycles. The highest BCUT2D eigenvalue weighted by Crippen LogP contribution is 2.16. The molecule has 0 saturated carbocycles. The van der Waals surface area contributed by atoms with E-state index in [4.69, 9.17) is 9.84 Å². The van der Waals surface area contributed by atoms with Crippen LogP contribution in [0.4, 0.5) is 0 Å². The Hall–Kier alpha value is -1.58. The van der Waals surface area contributed by atoms with Crippen LogP contribution >= 0.6 is 0 Å². The Bertz CT molecular complexity index is 524. The molecule has 34 heavy (non-hydrogen) atoms. The van der Waals surface area contributed by atoms with Gasteiger partial charge in [-0.15, -0.1) is 0 Å². The number of hydrogen-bond donors (Lipinski definition) is 1. The Labute approximate surface area is 210 Å². The quantitative estimate of drug-likeness (QED) is 0.0806. The summed E-state index contributed by atoms with van der Waals surface area (Å²) in [5, 5.41) is 8.72. The molecule has 4 nitrogen and oxygen atoms in total. The molecular formula is C30H54O4. The maximum atomic E-state index is 12.2. The predicted molar refractivity (Wildman–Crippen MR) is 144 cm³/mol. The fourth-order valence-corrected chi connectivity index (χ4v) is 4.02. The number of ether oxygens (including phenoxy) is 1. The van der Waals surface area contributed by atoms with E-state index in [9.17, 15) is 9.59 Å². The van der Waals surface area contributed by atoms with Gasteiger partial charge in [0.2, 0.25) is 0 Å². The van der Waals surface area contributed by atoms with Crippen molar-refractivity contribution in [3.05, 3.63) is 24.3 Å². The Balaban J connectivity index is 3.69. The van der Waals surface area contributed by atoms with E-state index in [1.807, 2.05) is 0 Å². The zero-order valence-corrected chi connectivity index (χ0v) is 22.4. The molecule has 0 aliphatic rings. The Morgan fingerprint density at radius 1 is 0.647 bits per heavy atom. The first-order chi connectivity index (χ1) is 16.6. The summed E-state index contributed by atoms with van der Waals surface area (Å²) in [5.41, 5.74) is 0. The summed E-state index contributed by atoms with van der Waals surface area (Å²) in [5.74, 6) is -0.797. The number of carboxylic acids is 1. The Morgan fingerprint density at radius 3 is 1.82 bits per heavy atom. The molecule has 1 unspecified atom stereocenters. The lowest BCUT2D eigenvalue weighted by Gasteiger charge is -2.17. The molecule has 0 aromatic rings. The number of esters is 1. The van der Waals surface area contributed by atoms with Crippen LogP contribution in [0.2, 0.25) is 0 Å². The van der Waals surface area contributed by atoms with E-state index in [1.54, 1.807) is 0 Å². The van der Waals surface area contributed by atoms with Gasteiger partial charge in [-0.05, 0) is 64.2 Å². The van der Waals surface area contributed by atoms with Gasteiger partial charge >= 0.3 is 11.9 Å². The number of unbranched alkanes of at least 4 members (excludes halogenated alkanes) is 12. The minimum atomic E-state index is -0.735. The highest BCUT2D eigenvalue weighted by molar-refractivity contribution is 5.69. The zero-order chi connectivity index (χ0) is 25.1. The summed E-state index contributed by atoms with van der Waals surface area (Å²) in [6.45, 7) is 4.40. The third-order valence-electron chi connectivity index (χ3n) is 6.18. The average molecular weight is 479 g/mol. The van der Waals surface area contributed by atoms with E-state index in [2.05, 4.69) is 38.2 Å². The molecule has 0 heterocycles. The number of rotatable bonds is 25. The molecule has 0 saturated heterocycles. The lowest BCUT2D eigenvalue weighted by Crippen LogP contribution is -2.18. The average Bonchev–Trinajstić information content (AvgIpc) is 2.81. The van der Waals surface area contributed by atoms with E-state index in [0.29, 0.717) is 12.8 Å². The van der Waals surface area contributed by atoms with E-state index in [0.717, 1.165) is 64.2 Å². The molecule has 0 aromatic heterocycles. The molecule has 0 spiro atoms. The molecule has 198 valence electrons. The molecule has 0 amide bonds. The second-order valence-electron chi connectivity index (χ2n) is 9.58. The number of carboxylic acid groups (broad SMARTS) is 1. The SMILES string of the molecule is CCCCCC/C=C\C/C=C\CCCCCCCC(=O)OC(CCCC)CCCCCC(=O)O. The third-order valence-corrected chi connectivity index (χ3v) is 6.18. The van der Waals surface area contributed by atoms with Gasteiger partial charge in [0.25, 0.3) is 0 Å². The summed E-state index contributed by atoms with van der Waals surface area (Å²) >= 11 is 0. The number of carbonyl (C=O) groups excluding carboxylic acids is 1. The van der Waals surface area contributed by atoms with E-state index in [-0.39, 0.29) is 18.5 Å². The van der Waals surface area contributed by atoms with E-state index < -0.39 is 5.97 Å². The highest BCUT2D eigenvalue weighted by Gasteiger charge is 2.14. The van der Waals surface area contributed by atoms with Gasteiger partial charge in [0, 0.05) is 12.8 Å². The van der Waals surface area contributed by atoms with Crippen LogP contribution in [0.5, 0.6) is 0 Å². The molecule has 0 aliphatic carbocycles. The summed E-state index contributed by atoms with van der Waals surface area (Å²) in [4.78, 5) is 22.8. The molecule has 0 aliphatic heterocycles. The van der Waals surface area contributed by atoms with E-state index >= 15 is 0 Å². The van der Waals surface area contributed by atoms with Crippen LogP contribution in [0.1, 0.15) is 149 Å². The molecule has 1 N–H and O–H groups in total. The van der Waals surface area contributed by atoms with Crippen LogP contribution in [-0.2, 0) is 14.3 Å². The van der Waals surface area contributed by atoms with Crippen molar-refractivity contribution in [2.45, 2.75) is 155 Å². The molecule has 4 heteroatoms. The van der Waals surface area contributed by atoms with Crippen molar-refractivity contribution in [3.63, 3.8) is 0 Å². The molecule has 0 radical (unpaired) electrons. The monoisotopic (exact) mass is 478 g/mol. The van der Waals surface area contributed by atoms with Crippen LogP contribution in [0.15, 0.2) is 24.3 Å². The number of carbonyl (C=O) groups is 2. The van der Waals surface area contributed by atoms with Gasteiger partial charge in [0.1, 0.15) is 6.10 Å². The van der Waals surface area contributed by atoms with Gasteiger partial charge in [0.15, 0.2) is 0 Å². The fourth-order valence-electron chi connectivity index (χ4n) is 4.02. The predicted octanol–water partition coefficient (Wildman–Crippen LogP) is 9.33. The highest BCUT2D eigenvalue weighted by atomic mass is 16.5. The second kappa shape index (κ2) is 26.0. The maximum absolute atomic E-state index is 12.2. The fraction of sp³-hybridized carbons (Fsp3) is 0.800. The van der Waals surface area contributed by atoms with Crippen LogP contribution < -0.4 is 0 Å². The van der Waals surface area contributed by atoms with Gasteiger partial charge in [-0.2, -0.15) is 0 Å². The second-order valence-corrected chi connectivity index (χ2v) is 9.58. The van der Waals surface area contributed by atoms with Crippen molar-refractivity contribution in [1.29, 1.82) is 0 Å². The van der Waals surface area contributed by atoms with Gasteiger partial charge in [-0.1, -0.05) is 95.9 Å². The number of hydrogen-bond acceptors (Lipinski definition) is 3. The van der Waals surface area contributed by atoms with E-state index in [1.165, 1.54) is 51.4 Å². The van der Waals surface area contributed by atoms with Crippen LogP contribution in [0.3, 0.4) is 0 Å². The zero-order valence-electron chi connectivity index (χ0n) is 22.4. The Kier molecular flexibility index (Phi) is 24.8. The van der Waals surface area contributed by atoms with Crippen molar-refractivity contribution < 1.29 is 19.4 Å². The summed E-state index contributed by atoms with van der Waals surface area (Å²) in [7, 11) is 0. The van der Waals surface area contributed by atoms with Crippen LogP contribution in [0, 0.1) is 0 Å².